The summed E-state index contributed by atoms with van der Waals surface area (Å²) in [6.07, 6.45) is 3.55. The average Bonchev–Trinajstić information content (AvgIpc) is 3.24. The molecular formula is C23H29ClN2O2. The minimum Gasteiger partial charge on any atom is -0.496 e. The van der Waals surface area contributed by atoms with Gasteiger partial charge in [-0.1, -0.05) is 41.9 Å². The highest BCUT2D eigenvalue weighted by molar-refractivity contribution is 6.31. The lowest BCUT2D eigenvalue weighted by Crippen LogP contribution is -2.37. The molecule has 28 heavy (non-hydrogen) atoms. The summed E-state index contributed by atoms with van der Waals surface area (Å²) in [6, 6.07) is 14.2. The molecule has 2 aromatic rings. The van der Waals surface area contributed by atoms with Crippen LogP contribution in [0.5, 0.6) is 5.75 Å². The second-order valence-corrected chi connectivity index (χ2v) is 7.80. The smallest absolute Gasteiger partial charge is 0.220 e. The highest BCUT2D eigenvalue weighted by Crippen LogP contribution is 2.31. The quantitative estimate of drug-likeness (QED) is 0.707. The van der Waals surface area contributed by atoms with Gasteiger partial charge in [-0.25, -0.2) is 0 Å². The standard InChI is InChI=1S/C23H29ClN2O2/c1-17-9-10-18(15-20(17)24)11-12-23(27)25-16-21(26-13-5-6-14-26)19-7-3-4-8-22(19)28-2/h3-4,7-10,15,21H,5-6,11-14,16H2,1-2H3,(H,25,27). The number of nitrogens with one attached hydrogen (secondary N) is 1. The molecule has 150 valence electrons. The average molecular weight is 401 g/mol. The van der Waals surface area contributed by atoms with Gasteiger partial charge in [-0.05, 0) is 62.5 Å². The van der Waals surface area contributed by atoms with E-state index in [0.717, 1.165) is 40.6 Å². The molecule has 0 aliphatic carbocycles. The van der Waals surface area contributed by atoms with E-state index in [1.165, 1.54) is 12.8 Å². The molecule has 1 atom stereocenters. The third-order valence-corrected chi connectivity index (χ3v) is 5.86. The molecule has 0 radical (unpaired) electrons. The number of carbonyl (C=O) groups excluding carboxylic acids is 1. The van der Waals surface area contributed by atoms with Gasteiger partial charge >= 0.3 is 0 Å². The minimum absolute atomic E-state index is 0.0655. The van der Waals surface area contributed by atoms with Crippen LogP contribution in [0.15, 0.2) is 42.5 Å². The zero-order valence-electron chi connectivity index (χ0n) is 16.7. The molecule has 1 aliphatic rings. The van der Waals surface area contributed by atoms with Crippen molar-refractivity contribution in [3.05, 3.63) is 64.2 Å². The number of halogens is 1. The molecule has 5 heteroatoms. The van der Waals surface area contributed by atoms with Gasteiger partial charge in [-0.15, -0.1) is 0 Å². The van der Waals surface area contributed by atoms with Gasteiger partial charge in [0.25, 0.3) is 0 Å². The fourth-order valence-electron chi connectivity index (χ4n) is 3.78. The number of benzene rings is 2. The fraction of sp³-hybridized carbons (Fsp3) is 0.435. The molecule has 4 nitrogen and oxygen atoms in total. The number of para-hydroxylation sites is 1. The van der Waals surface area contributed by atoms with E-state index in [0.29, 0.717) is 19.4 Å². The van der Waals surface area contributed by atoms with E-state index in [-0.39, 0.29) is 11.9 Å². The molecule has 2 aromatic carbocycles. The van der Waals surface area contributed by atoms with Crippen molar-refractivity contribution in [2.45, 2.75) is 38.6 Å². The molecule has 1 unspecified atom stereocenters. The van der Waals surface area contributed by atoms with Gasteiger partial charge in [0, 0.05) is 23.6 Å². The van der Waals surface area contributed by atoms with Crippen molar-refractivity contribution < 1.29 is 9.53 Å². The summed E-state index contributed by atoms with van der Waals surface area (Å²) in [7, 11) is 1.70. The van der Waals surface area contributed by atoms with Crippen LogP contribution in [0.25, 0.3) is 0 Å². The molecule has 3 rings (SSSR count). The molecule has 1 aliphatic heterocycles. The predicted molar refractivity (Wildman–Crippen MR) is 114 cm³/mol. The van der Waals surface area contributed by atoms with Crippen molar-refractivity contribution in [1.82, 2.24) is 10.2 Å². The van der Waals surface area contributed by atoms with Crippen molar-refractivity contribution >= 4 is 17.5 Å². The van der Waals surface area contributed by atoms with Crippen LogP contribution in [0.3, 0.4) is 0 Å². The van der Waals surface area contributed by atoms with E-state index >= 15 is 0 Å². The number of carbonyl (C=O) groups is 1. The van der Waals surface area contributed by atoms with Gasteiger partial charge in [0.15, 0.2) is 0 Å². The number of aryl methyl sites for hydroxylation is 2. The molecule has 0 bridgehead atoms. The lowest BCUT2D eigenvalue weighted by Gasteiger charge is -2.29. The Morgan fingerprint density at radius 3 is 2.68 bits per heavy atom. The Labute approximate surface area is 172 Å². The number of hydrogen-bond acceptors (Lipinski definition) is 3. The van der Waals surface area contributed by atoms with E-state index in [2.05, 4.69) is 16.3 Å². The maximum absolute atomic E-state index is 12.5. The van der Waals surface area contributed by atoms with Crippen LogP contribution in [0, 0.1) is 6.92 Å². The van der Waals surface area contributed by atoms with Gasteiger partial charge in [-0.2, -0.15) is 0 Å². The van der Waals surface area contributed by atoms with Gasteiger partial charge in [0.05, 0.1) is 13.2 Å². The normalized spacial score (nSPS) is 15.4. The van der Waals surface area contributed by atoms with E-state index in [1.54, 1.807) is 7.11 Å². The van der Waals surface area contributed by atoms with E-state index < -0.39 is 0 Å². The lowest BCUT2D eigenvalue weighted by molar-refractivity contribution is -0.121. The van der Waals surface area contributed by atoms with Crippen LogP contribution in [-0.2, 0) is 11.2 Å². The number of nitrogens with zero attached hydrogens (tertiary/aromatic N) is 1. The number of amides is 1. The molecular weight excluding hydrogens is 372 g/mol. The largest absolute Gasteiger partial charge is 0.496 e. The lowest BCUT2D eigenvalue weighted by atomic mass is 10.0. The molecule has 0 spiro atoms. The van der Waals surface area contributed by atoms with Crippen LogP contribution >= 0.6 is 11.6 Å². The van der Waals surface area contributed by atoms with E-state index in [9.17, 15) is 4.79 Å². The zero-order chi connectivity index (χ0) is 19.9. The molecule has 0 saturated carbocycles. The molecule has 1 N–H and O–H groups in total. The summed E-state index contributed by atoms with van der Waals surface area (Å²) >= 11 is 6.18. The highest BCUT2D eigenvalue weighted by Gasteiger charge is 2.26. The third-order valence-electron chi connectivity index (χ3n) is 5.45. The summed E-state index contributed by atoms with van der Waals surface area (Å²) in [4.78, 5) is 14.9. The topological polar surface area (TPSA) is 41.6 Å². The Bertz CT molecular complexity index is 803. The predicted octanol–water partition coefficient (Wildman–Crippen LogP) is 4.54. The van der Waals surface area contributed by atoms with Crippen LogP contribution in [0.1, 0.15) is 42.0 Å². The van der Waals surface area contributed by atoms with Crippen molar-refractivity contribution in [3.63, 3.8) is 0 Å². The maximum Gasteiger partial charge on any atom is 0.220 e. The van der Waals surface area contributed by atoms with Crippen LogP contribution in [0.4, 0.5) is 0 Å². The minimum atomic E-state index is 0.0655. The molecule has 0 aromatic heterocycles. The number of hydrogen-bond donors (Lipinski definition) is 1. The Kier molecular flexibility index (Phi) is 7.35. The van der Waals surface area contributed by atoms with Gasteiger partial charge in [0.1, 0.15) is 5.75 Å². The molecule has 1 fully saturated rings. The Morgan fingerprint density at radius 2 is 1.96 bits per heavy atom. The monoisotopic (exact) mass is 400 g/mol. The Hall–Kier alpha value is -2.04. The fourth-order valence-corrected chi connectivity index (χ4v) is 3.98. The van der Waals surface area contributed by atoms with E-state index in [4.69, 9.17) is 16.3 Å². The highest BCUT2D eigenvalue weighted by atomic mass is 35.5. The second-order valence-electron chi connectivity index (χ2n) is 7.39. The maximum atomic E-state index is 12.5. The van der Waals surface area contributed by atoms with Crippen molar-refractivity contribution in [1.29, 1.82) is 0 Å². The third kappa shape index (κ3) is 5.27. The van der Waals surface area contributed by atoms with Crippen molar-refractivity contribution in [3.8, 4) is 5.75 Å². The van der Waals surface area contributed by atoms with Crippen LogP contribution in [-0.4, -0.2) is 37.6 Å². The van der Waals surface area contributed by atoms with Gasteiger partial charge in [0.2, 0.25) is 5.91 Å². The summed E-state index contributed by atoms with van der Waals surface area (Å²) < 4.78 is 5.57. The summed E-state index contributed by atoms with van der Waals surface area (Å²) in [5.41, 5.74) is 3.28. The zero-order valence-corrected chi connectivity index (χ0v) is 17.5. The number of rotatable bonds is 8. The van der Waals surface area contributed by atoms with E-state index in [1.807, 2.05) is 43.3 Å². The van der Waals surface area contributed by atoms with Crippen LogP contribution in [0.2, 0.25) is 5.02 Å². The molecule has 1 saturated heterocycles. The Morgan fingerprint density at radius 1 is 1.21 bits per heavy atom. The second kappa shape index (κ2) is 9.94. The summed E-state index contributed by atoms with van der Waals surface area (Å²) in [5.74, 6) is 0.943. The van der Waals surface area contributed by atoms with Gasteiger partial charge < -0.3 is 10.1 Å². The van der Waals surface area contributed by atoms with Crippen molar-refractivity contribution in [2.24, 2.45) is 0 Å². The van der Waals surface area contributed by atoms with Crippen LogP contribution < -0.4 is 10.1 Å². The summed E-state index contributed by atoms with van der Waals surface area (Å²) in [5, 5.41) is 3.89. The first-order chi connectivity index (χ1) is 13.6. The first-order valence-corrected chi connectivity index (χ1v) is 10.3. The van der Waals surface area contributed by atoms with Crippen molar-refractivity contribution in [2.75, 3.05) is 26.7 Å². The summed E-state index contributed by atoms with van der Waals surface area (Å²) in [6.45, 7) is 4.68. The number of methoxy groups -OCH3 is 1. The molecule has 1 heterocycles. The first-order valence-electron chi connectivity index (χ1n) is 9.97. The Balaban J connectivity index is 1.61. The van der Waals surface area contributed by atoms with Gasteiger partial charge in [-0.3, -0.25) is 9.69 Å². The first kappa shape index (κ1) is 20.7. The SMILES string of the molecule is COc1ccccc1C(CNC(=O)CCc1ccc(C)c(Cl)c1)N1CCCC1. The number of likely N-dealkylation sites (tertiary alicyclic amines) is 1. The molecule has 1 amide bonds. The number of ether oxygens (including phenoxy) is 1.